The maximum atomic E-state index is 12.3. The van der Waals surface area contributed by atoms with Gasteiger partial charge < -0.3 is 9.47 Å². The molecule has 3 nitrogen and oxygen atoms in total. The monoisotopic (exact) mass is 394 g/mol. The second-order valence-electron chi connectivity index (χ2n) is 5.79. The number of carbonyl (C=O) groups excluding carboxylic acids is 1. The van der Waals surface area contributed by atoms with Gasteiger partial charge in [0, 0.05) is 15.6 Å². The fourth-order valence-electron chi connectivity index (χ4n) is 3.07. The molecule has 0 saturated carbocycles. The predicted octanol–water partition coefficient (Wildman–Crippen LogP) is 5.14. The Morgan fingerprint density at radius 3 is 2.00 bits per heavy atom. The van der Waals surface area contributed by atoms with Crippen molar-refractivity contribution >= 4 is 21.9 Å². The quantitative estimate of drug-likeness (QED) is 0.574. The topological polar surface area (TPSA) is 35.5 Å². The average molecular weight is 395 g/mol. The lowest BCUT2D eigenvalue weighted by Crippen LogP contribution is -2.18. The Morgan fingerprint density at radius 1 is 0.840 bits per heavy atom. The molecule has 25 heavy (non-hydrogen) atoms. The van der Waals surface area contributed by atoms with Crippen molar-refractivity contribution in [1.82, 2.24) is 0 Å². The number of carbonyl (C=O) groups is 1. The van der Waals surface area contributed by atoms with Gasteiger partial charge in [0.1, 0.15) is 5.75 Å². The van der Waals surface area contributed by atoms with Crippen molar-refractivity contribution in [1.29, 1.82) is 0 Å². The number of rotatable bonds is 4. The van der Waals surface area contributed by atoms with Gasteiger partial charge in [-0.25, -0.2) is 4.79 Å². The molecular formula is C21H15BrO3. The van der Waals surface area contributed by atoms with Gasteiger partial charge in [-0.05, 0) is 35.4 Å². The van der Waals surface area contributed by atoms with Crippen LogP contribution in [0.5, 0.6) is 5.75 Å². The van der Waals surface area contributed by atoms with Crippen LogP contribution < -0.4 is 4.74 Å². The Kier molecular flexibility index (Phi) is 4.28. The van der Waals surface area contributed by atoms with E-state index in [-0.39, 0.29) is 18.7 Å². The third kappa shape index (κ3) is 3.17. The van der Waals surface area contributed by atoms with Crippen LogP contribution in [0, 0.1) is 0 Å². The fraction of sp³-hybridized carbons (Fsp3) is 0.0952. The van der Waals surface area contributed by atoms with E-state index >= 15 is 0 Å². The molecule has 4 heteroatoms. The summed E-state index contributed by atoms with van der Waals surface area (Å²) in [5.74, 6) is 0.242. The van der Waals surface area contributed by atoms with E-state index in [0.29, 0.717) is 5.75 Å². The van der Waals surface area contributed by atoms with Crippen molar-refractivity contribution < 1.29 is 14.3 Å². The summed E-state index contributed by atoms with van der Waals surface area (Å²) < 4.78 is 12.2. The number of ether oxygens (including phenoxy) is 2. The summed E-state index contributed by atoms with van der Waals surface area (Å²) in [5, 5.41) is 0. The summed E-state index contributed by atoms with van der Waals surface area (Å²) >= 11 is 3.37. The predicted molar refractivity (Wildman–Crippen MR) is 99.5 cm³/mol. The van der Waals surface area contributed by atoms with Crippen molar-refractivity contribution in [3.63, 3.8) is 0 Å². The van der Waals surface area contributed by atoms with E-state index < -0.39 is 0 Å². The van der Waals surface area contributed by atoms with Crippen LogP contribution in [0.3, 0.4) is 0 Å². The normalized spacial score (nSPS) is 12.4. The van der Waals surface area contributed by atoms with Gasteiger partial charge in [-0.2, -0.15) is 0 Å². The van der Waals surface area contributed by atoms with E-state index in [1.807, 2.05) is 48.5 Å². The fourth-order valence-corrected chi connectivity index (χ4v) is 3.34. The first kappa shape index (κ1) is 15.9. The third-order valence-corrected chi connectivity index (χ3v) is 4.72. The van der Waals surface area contributed by atoms with E-state index in [1.54, 1.807) is 12.1 Å². The van der Waals surface area contributed by atoms with Gasteiger partial charge in [0.05, 0.1) is 0 Å². The van der Waals surface area contributed by atoms with Crippen molar-refractivity contribution in [3.05, 3.63) is 88.4 Å². The molecule has 3 aromatic carbocycles. The summed E-state index contributed by atoms with van der Waals surface area (Å²) in [4.78, 5) is 12.3. The first-order chi connectivity index (χ1) is 12.2. The molecule has 0 N–H and O–H groups in total. The maximum absolute atomic E-state index is 12.3. The van der Waals surface area contributed by atoms with Gasteiger partial charge in [0.25, 0.3) is 0 Å². The minimum Gasteiger partial charge on any atom is -0.482 e. The second kappa shape index (κ2) is 6.73. The summed E-state index contributed by atoms with van der Waals surface area (Å²) in [7, 11) is 0. The molecule has 124 valence electrons. The van der Waals surface area contributed by atoms with E-state index in [2.05, 4.69) is 28.1 Å². The van der Waals surface area contributed by atoms with Crippen LogP contribution in [-0.2, 0) is 9.53 Å². The largest absolute Gasteiger partial charge is 0.482 e. The SMILES string of the molecule is O=C(COc1ccc(Br)cc1)OC1c2ccccc2-c2ccccc21. The number of hydrogen-bond donors (Lipinski definition) is 0. The Balaban J connectivity index is 1.50. The molecule has 0 saturated heterocycles. The van der Waals surface area contributed by atoms with Crippen molar-refractivity contribution in [2.75, 3.05) is 6.61 Å². The molecule has 0 aromatic heterocycles. The van der Waals surface area contributed by atoms with Crippen molar-refractivity contribution in [2.24, 2.45) is 0 Å². The Morgan fingerprint density at radius 2 is 1.40 bits per heavy atom. The minimum atomic E-state index is -0.389. The molecule has 1 aliphatic rings. The first-order valence-corrected chi connectivity index (χ1v) is 8.78. The number of esters is 1. The van der Waals surface area contributed by atoms with E-state index in [9.17, 15) is 4.79 Å². The van der Waals surface area contributed by atoms with Gasteiger partial charge in [0.2, 0.25) is 0 Å². The van der Waals surface area contributed by atoms with E-state index in [1.165, 1.54) is 0 Å². The molecule has 0 atom stereocenters. The van der Waals surface area contributed by atoms with E-state index in [4.69, 9.17) is 9.47 Å². The van der Waals surface area contributed by atoms with Gasteiger partial charge in [-0.15, -0.1) is 0 Å². The van der Waals surface area contributed by atoms with Crippen molar-refractivity contribution in [3.8, 4) is 16.9 Å². The van der Waals surface area contributed by atoms with Crippen LogP contribution in [0.1, 0.15) is 17.2 Å². The van der Waals surface area contributed by atoms with Crippen LogP contribution in [-0.4, -0.2) is 12.6 Å². The average Bonchev–Trinajstić information content (AvgIpc) is 2.96. The lowest BCUT2D eigenvalue weighted by Gasteiger charge is -2.15. The number of hydrogen-bond acceptors (Lipinski definition) is 3. The molecule has 0 amide bonds. The van der Waals surface area contributed by atoms with Crippen molar-refractivity contribution in [2.45, 2.75) is 6.10 Å². The number of fused-ring (bicyclic) bond motifs is 3. The Bertz CT molecular complexity index is 873. The summed E-state index contributed by atoms with van der Waals surface area (Å²) in [6, 6.07) is 23.4. The molecule has 0 radical (unpaired) electrons. The molecule has 3 aromatic rings. The summed E-state index contributed by atoms with van der Waals surface area (Å²) in [5.41, 5.74) is 4.26. The van der Waals surface area contributed by atoms with Crippen LogP contribution in [0.2, 0.25) is 0 Å². The maximum Gasteiger partial charge on any atom is 0.345 e. The van der Waals surface area contributed by atoms with Crippen LogP contribution in [0.25, 0.3) is 11.1 Å². The highest BCUT2D eigenvalue weighted by Crippen LogP contribution is 2.45. The Hall–Kier alpha value is -2.59. The lowest BCUT2D eigenvalue weighted by molar-refractivity contribution is -0.149. The first-order valence-electron chi connectivity index (χ1n) is 7.98. The van der Waals surface area contributed by atoms with Gasteiger partial charge >= 0.3 is 5.97 Å². The van der Waals surface area contributed by atoms with Gasteiger partial charge in [0.15, 0.2) is 12.7 Å². The summed E-state index contributed by atoms with van der Waals surface area (Å²) in [6.45, 7) is -0.123. The highest BCUT2D eigenvalue weighted by atomic mass is 79.9. The zero-order chi connectivity index (χ0) is 17.2. The molecule has 0 bridgehead atoms. The van der Waals surface area contributed by atoms with Gasteiger partial charge in [-0.1, -0.05) is 64.5 Å². The smallest absolute Gasteiger partial charge is 0.345 e. The molecule has 4 rings (SSSR count). The highest BCUT2D eigenvalue weighted by Gasteiger charge is 2.30. The second-order valence-corrected chi connectivity index (χ2v) is 6.70. The van der Waals surface area contributed by atoms with E-state index in [0.717, 1.165) is 26.7 Å². The standard InChI is InChI=1S/C21H15BrO3/c22-14-9-11-15(12-10-14)24-13-20(23)25-21-18-7-3-1-5-16(18)17-6-2-4-8-19(17)21/h1-12,21H,13H2. The third-order valence-electron chi connectivity index (χ3n) is 4.20. The van der Waals surface area contributed by atoms with Crippen LogP contribution in [0.15, 0.2) is 77.3 Å². The summed E-state index contributed by atoms with van der Waals surface area (Å²) in [6.07, 6.45) is -0.381. The highest BCUT2D eigenvalue weighted by molar-refractivity contribution is 9.10. The zero-order valence-electron chi connectivity index (χ0n) is 13.3. The number of halogens is 1. The Labute approximate surface area is 154 Å². The van der Waals surface area contributed by atoms with Crippen LogP contribution >= 0.6 is 15.9 Å². The molecule has 0 heterocycles. The number of benzene rings is 3. The van der Waals surface area contributed by atoms with Gasteiger partial charge in [-0.3, -0.25) is 0 Å². The molecular weight excluding hydrogens is 380 g/mol. The molecule has 0 fully saturated rings. The molecule has 0 aliphatic heterocycles. The molecule has 0 unspecified atom stereocenters. The minimum absolute atomic E-state index is 0.123. The lowest BCUT2D eigenvalue weighted by atomic mass is 10.1. The zero-order valence-corrected chi connectivity index (χ0v) is 14.9. The molecule has 1 aliphatic carbocycles. The van der Waals surface area contributed by atoms with Crippen LogP contribution in [0.4, 0.5) is 0 Å². The molecule has 0 spiro atoms.